The lowest BCUT2D eigenvalue weighted by Gasteiger charge is -2.15. The van der Waals surface area contributed by atoms with Crippen molar-refractivity contribution in [1.82, 2.24) is 9.97 Å². The van der Waals surface area contributed by atoms with Crippen LogP contribution in [0.25, 0.3) is 11.1 Å². The molecule has 0 spiro atoms. The van der Waals surface area contributed by atoms with E-state index >= 15 is 0 Å². The minimum absolute atomic E-state index is 0.0103. The molecule has 2 aromatic rings. The Bertz CT molecular complexity index is 782. The molecule has 0 unspecified atom stereocenters. The van der Waals surface area contributed by atoms with Crippen LogP contribution in [0.1, 0.15) is 13.3 Å². The Morgan fingerprint density at radius 2 is 1.96 bits per heavy atom. The smallest absolute Gasteiger partial charge is 0.233 e. The number of benzene rings is 1. The number of rotatable bonds is 8. The molecular weight excluding hydrogens is 398 g/mol. The topological polar surface area (TPSA) is 101 Å². The van der Waals surface area contributed by atoms with Crippen LogP contribution in [0.3, 0.4) is 0 Å². The second-order valence-electron chi connectivity index (χ2n) is 4.90. The molecule has 0 saturated heterocycles. The third-order valence-corrected chi connectivity index (χ3v) is 4.98. The van der Waals surface area contributed by atoms with Crippen LogP contribution in [0.2, 0.25) is 0 Å². The van der Waals surface area contributed by atoms with Crippen LogP contribution >= 0.6 is 15.9 Å². The molecule has 0 radical (unpaired) electrons. The molecular formula is C15H18BrN3O4S. The van der Waals surface area contributed by atoms with E-state index in [2.05, 4.69) is 30.6 Å². The van der Waals surface area contributed by atoms with Gasteiger partial charge in [-0.25, -0.2) is 18.4 Å². The van der Waals surface area contributed by atoms with Gasteiger partial charge >= 0.3 is 0 Å². The summed E-state index contributed by atoms with van der Waals surface area (Å²) in [5.74, 6) is 0.341. The Hall–Kier alpha value is -1.71. The van der Waals surface area contributed by atoms with E-state index in [1.165, 1.54) is 6.33 Å². The number of sulfonamides is 1. The molecule has 0 atom stereocenters. The first-order chi connectivity index (χ1) is 11.5. The molecule has 0 bridgehead atoms. The number of hydrogen-bond donors (Lipinski definition) is 2. The molecule has 1 heterocycles. The maximum atomic E-state index is 12.1. The number of aliphatic hydroxyl groups excluding tert-OH is 1. The molecule has 0 amide bonds. The van der Waals surface area contributed by atoms with Gasteiger partial charge in [-0.1, -0.05) is 35.0 Å². The van der Waals surface area contributed by atoms with Gasteiger partial charge in [0.15, 0.2) is 5.82 Å². The third kappa shape index (κ3) is 4.89. The zero-order valence-electron chi connectivity index (χ0n) is 13.1. The van der Waals surface area contributed by atoms with Crippen LogP contribution in [0, 0.1) is 0 Å². The van der Waals surface area contributed by atoms with Crippen LogP contribution in [0.15, 0.2) is 35.1 Å². The summed E-state index contributed by atoms with van der Waals surface area (Å²) in [5, 5.41) is 8.97. The lowest BCUT2D eigenvalue weighted by atomic mass is 10.1. The number of hydrogen-bond acceptors (Lipinski definition) is 6. The van der Waals surface area contributed by atoms with Crippen molar-refractivity contribution in [3.63, 3.8) is 0 Å². The zero-order valence-corrected chi connectivity index (χ0v) is 15.5. The predicted molar refractivity (Wildman–Crippen MR) is 95.4 cm³/mol. The second-order valence-corrected chi connectivity index (χ2v) is 7.66. The number of anilines is 1. The van der Waals surface area contributed by atoms with Gasteiger partial charge in [-0.2, -0.15) is 0 Å². The fourth-order valence-corrected chi connectivity index (χ4v) is 3.40. The van der Waals surface area contributed by atoms with Crippen molar-refractivity contribution in [2.24, 2.45) is 0 Å². The van der Waals surface area contributed by atoms with Crippen LogP contribution in [0.5, 0.6) is 5.88 Å². The Balaban J connectivity index is 2.51. The molecule has 0 aliphatic rings. The summed E-state index contributed by atoms with van der Waals surface area (Å²) in [5.41, 5.74) is 1.12. The highest BCUT2D eigenvalue weighted by Crippen LogP contribution is 2.35. The number of nitrogens with zero attached hydrogens (tertiary/aromatic N) is 2. The van der Waals surface area contributed by atoms with Gasteiger partial charge in [-0.05, 0) is 24.1 Å². The average Bonchev–Trinajstić information content (AvgIpc) is 2.53. The van der Waals surface area contributed by atoms with Gasteiger partial charge in [0.25, 0.3) is 0 Å². The number of ether oxygens (including phenoxy) is 1. The first kappa shape index (κ1) is 18.6. The summed E-state index contributed by atoms with van der Waals surface area (Å²) in [6, 6.07) is 7.24. The van der Waals surface area contributed by atoms with E-state index in [1.54, 1.807) is 19.1 Å². The number of aromatic nitrogens is 2. The molecule has 9 heteroatoms. The first-order valence-corrected chi connectivity index (χ1v) is 9.76. The molecule has 0 saturated carbocycles. The van der Waals surface area contributed by atoms with Crippen molar-refractivity contribution in [2.75, 3.05) is 23.7 Å². The highest BCUT2D eigenvalue weighted by molar-refractivity contribution is 9.10. The molecule has 0 aliphatic carbocycles. The molecule has 1 aromatic heterocycles. The molecule has 2 rings (SSSR count). The Morgan fingerprint density at radius 1 is 1.25 bits per heavy atom. The van der Waals surface area contributed by atoms with Crippen molar-refractivity contribution in [3.8, 4) is 17.0 Å². The molecule has 0 fully saturated rings. The van der Waals surface area contributed by atoms with Crippen LogP contribution < -0.4 is 9.46 Å². The van der Waals surface area contributed by atoms with Crippen LogP contribution in [-0.4, -0.2) is 42.5 Å². The molecule has 0 aliphatic heterocycles. The van der Waals surface area contributed by atoms with E-state index in [9.17, 15) is 8.42 Å². The fraction of sp³-hybridized carbons (Fsp3) is 0.333. The summed E-state index contributed by atoms with van der Waals surface area (Å²) in [6.07, 6.45) is 1.71. The normalized spacial score (nSPS) is 11.3. The lowest BCUT2D eigenvalue weighted by molar-refractivity contribution is 0.197. The van der Waals surface area contributed by atoms with E-state index in [-0.39, 0.29) is 30.7 Å². The van der Waals surface area contributed by atoms with Crippen molar-refractivity contribution in [2.45, 2.75) is 13.3 Å². The van der Waals surface area contributed by atoms with Gasteiger partial charge < -0.3 is 9.84 Å². The summed E-state index contributed by atoms with van der Waals surface area (Å²) in [4.78, 5) is 8.12. The van der Waals surface area contributed by atoms with Crippen LogP contribution in [-0.2, 0) is 10.0 Å². The molecule has 24 heavy (non-hydrogen) atoms. The zero-order chi connectivity index (χ0) is 17.6. The van der Waals surface area contributed by atoms with E-state index in [1.807, 2.05) is 12.1 Å². The van der Waals surface area contributed by atoms with Crippen molar-refractivity contribution >= 4 is 31.8 Å². The minimum Gasteiger partial charge on any atom is -0.475 e. The third-order valence-electron chi connectivity index (χ3n) is 3.00. The Labute approximate surface area is 149 Å². The second kappa shape index (κ2) is 8.41. The van der Waals surface area contributed by atoms with Gasteiger partial charge in [0.1, 0.15) is 12.9 Å². The first-order valence-electron chi connectivity index (χ1n) is 7.32. The van der Waals surface area contributed by atoms with Crippen molar-refractivity contribution in [1.29, 1.82) is 0 Å². The summed E-state index contributed by atoms with van der Waals surface area (Å²) >= 11 is 3.36. The maximum absolute atomic E-state index is 12.1. The lowest BCUT2D eigenvalue weighted by Crippen LogP contribution is -2.18. The number of halogens is 1. The number of aliphatic hydroxyl groups is 1. The van der Waals surface area contributed by atoms with E-state index < -0.39 is 10.0 Å². The summed E-state index contributed by atoms with van der Waals surface area (Å²) in [6.45, 7) is 1.65. The molecule has 7 nitrogen and oxygen atoms in total. The van der Waals surface area contributed by atoms with Crippen molar-refractivity contribution in [3.05, 3.63) is 35.1 Å². The minimum atomic E-state index is -3.52. The van der Waals surface area contributed by atoms with Gasteiger partial charge in [0.05, 0.1) is 17.9 Å². The monoisotopic (exact) mass is 415 g/mol. The Kier molecular flexibility index (Phi) is 6.52. The largest absolute Gasteiger partial charge is 0.475 e. The van der Waals surface area contributed by atoms with Gasteiger partial charge in [0, 0.05) is 4.47 Å². The fourth-order valence-electron chi connectivity index (χ4n) is 2.04. The highest BCUT2D eigenvalue weighted by Gasteiger charge is 2.19. The SMILES string of the molecule is CCCS(=O)(=O)Nc1ncnc(OCCO)c1-c1ccc(Br)cc1. The summed E-state index contributed by atoms with van der Waals surface area (Å²) in [7, 11) is -3.52. The summed E-state index contributed by atoms with van der Waals surface area (Å²) < 4.78 is 33.0. The molecule has 130 valence electrons. The van der Waals surface area contributed by atoms with Gasteiger partial charge in [-0.15, -0.1) is 0 Å². The van der Waals surface area contributed by atoms with E-state index in [4.69, 9.17) is 9.84 Å². The number of nitrogens with one attached hydrogen (secondary N) is 1. The van der Waals surface area contributed by atoms with E-state index in [0.29, 0.717) is 17.5 Å². The van der Waals surface area contributed by atoms with E-state index in [0.717, 1.165) is 4.47 Å². The van der Waals surface area contributed by atoms with Crippen LogP contribution in [0.4, 0.5) is 5.82 Å². The highest BCUT2D eigenvalue weighted by atomic mass is 79.9. The maximum Gasteiger partial charge on any atom is 0.233 e. The van der Waals surface area contributed by atoms with Crippen molar-refractivity contribution < 1.29 is 18.3 Å². The van der Waals surface area contributed by atoms with Gasteiger partial charge in [0.2, 0.25) is 15.9 Å². The quantitative estimate of drug-likeness (QED) is 0.686. The van der Waals surface area contributed by atoms with Gasteiger partial charge in [-0.3, -0.25) is 4.72 Å². The Morgan fingerprint density at radius 3 is 2.58 bits per heavy atom. The molecule has 1 aromatic carbocycles. The standard InChI is InChI=1S/C15H18BrN3O4S/c1-2-9-24(21,22)19-14-13(11-3-5-12(16)6-4-11)15(18-10-17-14)23-8-7-20/h3-6,10,20H,2,7-9H2,1H3,(H,17,18,19). The average molecular weight is 416 g/mol. The molecule has 2 N–H and O–H groups in total. The predicted octanol–water partition coefficient (Wildman–Crippen LogP) is 2.43.